The highest BCUT2D eigenvalue weighted by atomic mass is 16.3. The molecule has 0 amide bonds. The minimum Gasteiger partial charge on any atom is -0.465 e. The van der Waals surface area contributed by atoms with E-state index in [1.54, 1.807) is 6.26 Å². The van der Waals surface area contributed by atoms with Crippen LogP contribution < -0.4 is 0 Å². The summed E-state index contributed by atoms with van der Waals surface area (Å²) in [6.07, 6.45) is 8.16. The first-order valence-corrected chi connectivity index (χ1v) is 7.18. The van der Waals surface area contributed by atoms with Gasteiger partial charge in [0.1, 0.15) is 5.76 Å². The van der Waals surface area contributed by atoms with E-state index in [1.165, 1.54) is 24.1 Å². The standard InChI is InChI=1S/C17H20N2O/c1-14(12-15-6-5-11-20-15)13-19-10-4-8-17(19)16-7-2-3-9-18-16/h2-3,5-7,9,11-12,17H,4,8,10,13H2,1H3. The lowest BCUT2D eigenvalue weighted by molar-refractivity contribution is 0.275. The van der Waals surface area contributed by atoms with Gasteiger partial charge in [0.2, 0.25) is 0 Å². The molecule has 1 aliphatic rings. The van der Waals surface area contributed by atoms with Gasteiger partial charge in [-0.05, 0) is 56.7 Å². The molecule has 1 saturated heterocycles. The van der Waals surface area contributed by atoms with Gasteiger partial charge in [0, 0.05) is 12.7 Å². The molecule has 1 unspecified atom stereocenters. The van der Waals surface area contributed by atoms with Gasteiger partial charge in [-0.1, -0.05) is 11.6 Å². The normalized spacial score (nSPS) is 20.4. The minimum atomic E-state index is 0.455. The third-order valence-corrected chi connectivity index (χ3v) is 3.78. The summed E-state index contributed by atoms with van der Waals surface area (Å²) in [4.78, 5) is 7.03. The van der Waals surface area contributed by atoms with Crippen LogP contribution in [0, 0.1) is 0 Å². The molecule has 104 valence electrons. The summed E-state index contributed by atoms with van der Waals surface area (Å²) in [7, 11) is 0. The fraction of sp³-hybridized carbons (Fsp3) is 0.353. The molecule has 0 aromatic carbocycles. The van der Waals surface area contributed by atoms with Crippen molar-refractivity contribution in [2.75, 3.05) is 13.1 Å². The molecule has 3 nitrogen and oxygen atoms in total. The molecular weight excluding hydrogens is 248 g/mol. The molecule has 0 radical (unpaired) electrons. The molecule has 0 aliphatic carbocycles. The fourth-order valence-corrected chi connectivity index (χ4v) is 2.91. The number of nitrogens with zero attached hydrogens (tertiary/aromatic N) is 2. The lowest BCUT2D eigenvalue weighted by Gasteiger charge is -2.24. The molecule has 2 aromatic heterocycles. The van der Waals surface area contributed by atoms with Gasteiger partial charge in [0.15, 0.2) is 0 Å². The van der Waals surface area contributed by atoms with E-state index in [9.17, 15) is 0 Å². The first kappa shape index (κ1) is 13.1. The van der Waals surface area contributed by atoms with E-state index in [1.807, 2.05) is 24.4 Å². The van der Waals surface area contributed by atoms with E-state index in [0.29, 0.717) is 6.04 Å². The number of hydrogen-bond donors (Lipinski definition) is 0. The van der Waals surface area contributed by atoms with Crippen molar-refractivity contribution < 1.29 is 4.42 Å². The van der Waals surface area contributed by atoms with Crippen molar-refractivity contribution in [3.05, 3.63) is 59.8 Å². The van der Waals surface area contributed by atoms with E-state index < -0.39 is 0 Å². The SMILES string of the molecule is CC(=Cc1ccco1)CN1CCCC1c1ccccn1. The molecule has 3 rings (SSSR count). The van der Waals surface area contributed by atoms with Crippen molar-refractivity contribution in [3.63, 3.8) is 0 Å². The van der Waals surface area contributed by atoms with Gasteiger partial charge >= 0.3 is 0 Å². The zero-order valence-corrected chi connectivity index (χ0v) is 11.8. The van der Waals surface area contributed by atoms with Crippen molar-refractivity contribution >= 4 is 6.08 Å². The molecule has 1 aliphatic heterocycles. The van der Waals surface area contributed by atoms with Crippen LogP contribution in [0.5, 0.6) is 0 Å². The zero-order chi connectivity index (χ0) is 13.8. The third-order valence-electron chi connectivity index (χ3n) is 3.78. The Hall–Kier alpha value is -1.87. The van der Waals surface area contributed by atoms with Crippen LogP contribution in [0.25, 0.3) is 6.08 Å². The largest absolute Gasteiger partial charge is 0.465 e. The highest BCUT2D eigenvalue weighted by molar-refractivity contribution is 5.46. The van der Waals surface area contributed by atoms with Gasteiger partial charge < -0.3 is 4.42 Å². The quantitative estimate of drug-likeness (QED) is 0.841. The van der Waals surface area contributed by atoms with Crippen molar-refractivity contribution in [2.24, 2.45) is 0 Å². The Kier molecular flexibility index (Phi) is 3.97. The lowest BCUT2D eigenvalue weighted by Crippen LogP contribution is -2.25. The number of hydrogen-bond acceptors (Lipinski definition) is 3. The first-order valence-electron chi connectivity index (χ1n) is 7.18. The van der Waals surface area contributed by atoms with Crippen molar-refractivity contribution in [3.8, 4) is 0 Å². The van der Waals surface area contributed by atoms with Crippen LogP contribution in [-0.4, -0.2) is 23.0 Å². The Morgan fingerprint density at radius 3 is 3.10 bits per heavy atom. The van der Waals surface area contributed by atoms with E-state index in [-0.39, 0.29) is 0 Å². The molecule has 0 N–H and O–H groups in total. The summed E-state index contributed by atoms with van der Waals surface area (Å²) in [5.41, 5.74) is 2.51. The summed E-state index contributed by atoms with van der Waals surface area (Å²) in [6.45, 7) is 4.28. The van der Waals surface area contributed by atoms with Gasteiger partial charge in [-0.3, -0.25) is 9.88 Å². The van der Waals surface area contributed by atoms with Gasteiger partial charge in [-0.25, -0.2) is 0 Å². The molecular formula is C17H20N2O. The van der Waals surface area contributed by atoms with Crippen LogP contribution in [0.3, 0.4) is 0 Å². The van der Waals surface area contributed by atoms with Crippen LogP contribution in [0.1, 0.15) is 37.3 Å². The molecule has 0 bridgehead atoms. The van der Waals surface area contributed by atoms with Gasteiger partial charge in [-0.2, -0.15) is 0 Å². The second-order valence-electron chi connectivity index (χ2n) is 5.39. The average molecular weight is 268 g/mol. The molecule has 2 aromatic rings. The number of furan rings is 1. The van der Waals surface area contributed by atoms with E-state index in [0.717, 1.165) is 18.8 Å². The van der Waals surface area contributed by atoms with Gasteiger partial charge in [0.05, 0.1) is 18.0 Å². The van der Waals surface area contributed by atoms with Crippen LogP contribution in [0.4, 0.5) is 0 Å². The molecule has 1 atom stereocenters. The first-order chi connectivity index (χ1) is 9.83. The van der Waals surface area contributed by atoms with Crippen LogP contribution in [0.15, 0.2) is 52.8 Å². The Bertz CT molecular complexity index is 560. The van der Waals surface area contributed by atoms with Crippen LogP contribution >= 0.6 is 0 Å². The summed E-state index contributed by atoms with van der Waals surface area (Å²) < 4.78 is 5.37. The second-order valence-corrected chi connectivity index (χ2v) is 5.39. The summed E-state index contributed by atoms with van der Waals surface area (Å²) in [5, 5.41) is 0. The maximum atomic E-state index is 5.37. The number of pyridine rings is 1. The van der Waals surface area contributed by atoms with Gasteiger partial charge in [0.25, 0.3) is 0 Å². The molecule has 0 saturated carbocycles. The molecule has 3 heterocycles. The highest BCUT2D eigenvalue weighted by Gasteiger charge is 2.26. The van der Waals surface area contributed by atoms with Gasteiger partial charge in [-0.15, -0.1) is 0 Å². The molecule has 1 fully saturated rings. The molecule has 20 heavy (non-hydrogen) atoms. The van der Waals surface area contributed by atoms with Crippen LogP contribution in [-0.2, 0) is 0 Å². The van der Waals surface area contributed by atoms with E-state index >= 15 is 0 Å². The summed E-state index contributed by atoms with van der Waals surface area (Å²) in [5.74, 6) is 0.927. The summed E-state index contributed by atoms with van der Waals surface area (Å²) >= 11 is 0. The third kappa shape index (κ3) is 2.99. The zero-order valence-electron chi connectivity index (χ0n) is 11.8. The molecule has 3 heteroatoms. The Morgan fingerprint density at radius 2 is 2.35 bits per heavy atom. The predicted molar refractivity (Wildman–Crippen MR) is 80.1 cm³/mol. The predicted octanol–water partition coefficient (Wildman–Crippen LogP) is 3.92. The number of rotatable bonds is 4. The Labute approximate surface area is 119 Å². The van der Waals surface area contributed by atoms with Crippen molar-refractivity contribution in [1.82, 2.24) is 9.88 Å². The fourth-order valence-electron chi connectivity index (χ4n) is 2.91. The maximum Gasteiger partial charge on any atom is 0.126 e. The van der Waals surface area contributed by atoms with Crippen molar-refractivity contribution in [2.45, 2.75) is 25.8 Å². The molecule has 0 spiro atoms. The monoisotopic (exact) mass is 268 g/mol. The second kappa shape index (κ2) is 6.06. The highest BCUT2D eigenvalue weighted by Crippen LogP contribution is 2.31. The number of aromatic nitrogens is 1. The van der Waals surface area contributed by atoms with Crippen LogP contribution in [0.2, 0.25) is 0 Å². The number of likely N-dealkylation sites (tertiary alicyclic amines) is 1. The maximum absolute atomic E-state index is 5.37. The van der Waals surface area contributed by atoms with E-state index in [2.05, 4.69) is 35.0 Å². The summed E-state index contributed by atoms with van der Waals surface area (Å²) in [6, 6.07) is 10.6. The smallest absolute Gasteiger partial charge is 0.126 e. The average Bonchev–Trinajstić information content (AvgIpc) is 3.11. The van der Waals surface area contributed by atoms with Crippen molar-refractivity contribution in [1.29, 1.82) is 0 Å². The minimum absolute atomic E-state index is 0.455. The van der Waals surface area contributed by atoms with E-state index in [4.69, 9.17) is 4.42 Å². The topological polar surface area (TPSA) is 29.3 Å². The Balaban J connectivity index is 1.70. The lowest BCUT2D eigenvalue weighted by atomic mass is 10.1. The Morgan fingerprint density at radius 1 is 1.40 bits per heavy atom.